The van der Waals surface area contributed by atoms with Crippen LogP contribution < -0.4 is 5.32 Å². The van der Waals surface area contributed by atoms with E-state index in [2.05, 4.69) is 12.2 Å². The number of thioether (sulfide) groups is 1. The molecule has 0 aromatic heterocycles. The number of nitrogens with one attached hydrogen (secondary N) is 1. The van der Waals surface area contributed by atoms with Gasteiger partial charge in [0.25, 0.3) is 0 Å². The van der Waals surface area contributed by atoms with Gasteiger partial charge in [-0.1, -0.05) is 19.8 Å². The summed E-state index contributed by atoms with van der Waals surface area (Å²) in [6, 6.07) is 3.49. The third-order valence-electron chi connectivity index (χ3n) is 3.71. The van der Waals surface area contributed by atoms with Crippen LogP contribution in [0.25, 0.3) is 0 Å². The molecule has 2 rings (SSSR count). The summed E-state index contributed by atoms with van der Waals surface area (Å²) < 4.78 is 26.4. The Kier molecular flexibility index (Phi) is 5.40. The van der Waals surface area contributed by atoms with Crippen LogP contribution in [-0.4, -0.2) is 17.7 Å². The first-order valence-electron chi connectivity index (χ1n) is 6.93. The molecule has 0 saturated heterocycles. The van der Waals surface area contributed by atoms with Crippen LogP contribution in [0.3, 0.4) is 0 Å². The van der Waals surface area contributed by atoms with Gasteiger partial charge in [0.2, 0.25) is 5.91 Å². The van der Waals surface area contributed by atoms with Gasteiger partial charge in [-0.25, -0.2) is 8.78 Å². The Bertz CT molecular complexity index is 481. The quantitative estimate of drug-likeness (QED) is 0.858. The molecule has 0 spiro atoms. The number of amides is 1. The summed E-state index contributed by atoms with van der Waals surface area (Å²) in [6.45, 7) is 2.14. The zero-order valence-electron chi connectivity index (χ0n) is 11.5. The van der Waals surface area contributed by atoms with Crippen molar-refractivity contribution >= 4 is 17.7 Å². The van der Waals surface area contributed by atoms with E-state index in [0.717, 1.165) is 49.2 Å². The van der Waals surface area contributed by atoms with E-state index >= 15 is 0 Å². The number of benzene rings is 1. The van der Waals surface area contributed by atoms with Crippen molar-refractivity contribution in [3.63, 3.8) is 0 Å². The Labute approximate surface area is 122 Å². The molecule has 1 aromatic carbocycles. The Morgan fingerprint density at radius 3 is 2.85 bits per heavy atom. The molecule has 2 atom stereocenters. The smallest absolute Gasteiger partial charge is 0.230 e. The molecule has 5 heteroatoms. The van der Waals surface area contributed by atoms with Gasteiger partial charge in [0.15, 0.2) is 0 Å². The van der Waals surface area contributed by atoms with Crippen LogP contribution in [0.15, 0.2) is 23.1 Å². The number of carbonyl (C=O) groups is 1. The van der Waals surface area contributed by atoms with Crippen LogP contribution in [0.2, 0.25) is 0 Å². The van der Waals surface area contributed by atoms with E-state index < -0.39 is 11.6 Å². The molecule has 0 bridgehead atoms. The number of rotatable bonds is 4. The second-order valence-electron chi connectivity index (χ2n) is 5.30. The van der Waals surface area contributed by atoms with E-state index in [1.54, 1.807) is 0 Å². The van der Waals surface area contributed by atoms with Crippen LogP contribution in [0, 0.1) is 17.6 Å². The average molecular weight is 299 g/mol. The normalized spacial score (nSPS) is 22.6. The molecule has 1 aliphatic rings. The van der Waals surface area contributed by atoms with Gasteiger partial charge in [0.05, 0.1) is 5.75 Å². The van der Waals surface area contributed by atoms with E-state index in [1.165, 1.54) is 6.42 Å². The third kappa shape index (κ3) is 4.20. The maximum absolute atomic E-state index is 13.4. The van der Waals surface area contributed by atoms with Crippen LogP contribution >= 0.6 is 11.8 Å². The van der Waals surface area contributed by atoms with E-state index in [0.29, 0.717) is 5.92 Å². The first-order valence-corrected chi connectivity index (χ1v) is 7.92. The van der Waals surface area contributed by atoms with Crippen molar-refractivity contribution in [2.75, 3.05) is 5.75 Å². The van der Waals surface area contributed by atoms with Crippen molar-refractivity contribution in [2.24, 2.45) is 5.92 Å². The zero-order chi connectivity index (χ0) is 14.5. The monoisotopic (exact) mass is 299 g/mol. The van der Waals surface area contributed by atoms with Crippen molar-refractivity contribution in [1.82, 2.24) is 5.32 Å². The molecular weight excluding hydrogens is 280 g/mol. The molecule has 0 radical (unpaired) electrons. The van der Waals surface area contributed by atoms with Crippen LogP contribution in [0.4, 0.5) is 8.78 Å². The van der Waals surface area contributed by atoms with Gasteiger partial charge >= 0.3 is 0 Å². The largest absolute Gasteiger partial charge is 0.352 e. The number of halogens is 2. The zero-order valence-corrected chi connectivity index (χ0v) is 12.3. The molecule has 20 heavy (non-hydrogen) atoms. The molecule has 1 amide bonds. The lowest BCUT2D eigenvalue weighted by atomic mass is 9.86. The summed E-state index contributed by atoms with van der Waals surface area (Å²) >= 11 is 1.03. The molecule has 1 N–H and O–H groups in total. The highest BCUT2D eigenvalue weighted by atomic mass is 32.2. The summed E-state index contributed by atoms with van der Waals surface area (Å²) in [6.07, 6.45) is 4.50. The third-order valence-corrected chi connectivity index (χ3v) is 4.74. The highest BCUT2D eigenvalue weighted by molar-refractivity contribution is 8.00. The fraction of sp³-hybridized carbons (Fsp3) is 0.533. The molecule has 2 nitrogen and oxygen atoms in total. The van der Waals surface area contributed by atoms with Gasteiger partial charge in [0.1, 0.15) is 11.6 Å². The summed E-state index contributed by atoms with van der Waals surface area (Å²) in [5, 5.41) is 3.00. The van der Waals surface area contributed by atoms with E-state index in [1.807, 2.05) is 0 Å². The average Bonchev–Trinajstić information content (AvgIpc) is 2.42. The van der Waals surface area contributed by atoms with Gasteiger partial charge in [-0.2, -0.15) is 0 Å². The highest BCUT2D eigenvalue weighted by Crippen LogP contribution is 2.25. The minimum Gasteiger partial charge on any atom is -0.352 e. The summed E-state index contributed by atoms with van der Waals surface area (Å²) in [4.78, 5) is 12.1. The van der Waals surface area contributed by atoms with E-state index in [-0.39, 0.29) is 22.6 Å². The lowest BCUT2D eigenvalue weighted by molar-refractivity contribution is -0.119. The van der Waals surface area contributed by atoms with Crippen LogP contribution in [0.1, 0.15) is 32.6 Å². The maximum Gasteiger partial charge on any atom is 0.230 e. The number of hydrogen-bond acceptors (Lipinski definition) is 2. The minimum absolute atomic E-state index is 0.114. The Hall–Kier alpha value is -1.10. The molecule has 1 fully saturated rings. The maximum atomic E-state index is 13.4. The van der Waals surface area contributed by atoms with Crippen molar-refractivity contribution in [3.8, 4) is 0 Å². The predicted molar refractivity (Wildman–Crippen MR) is 76.6 cm³/mol. The summed E-state index contributed by atoms with van der Waals surface area (Å²) in [5.41, 5.74) is 0. The number of hydrogen-bond donors (Lipinski definition) is 1. The fourth-order valence-electron chi connectivity index (χ4n) is 2.51. The molecule has 1 aromatic rings. The first-order chi connectivity index (χ1) is 9.56. The topological polar surface area (TPSA) is 29.1 Å². The Morgan fingerprint density at radius 2 is 2.10 bits per heavy atom. The predicted octanol–water partition coefficient (Wildman–Crippen LogP) is 3.75. The van der Waals surface area contributed by atoms with Crippen LogP contribution in [0.5, 0.6) is 0 Å². The van der Waals surface area contributed by atoms with Crippen molar-refractivity contribution in [1.29, 1.82) is 0 Å². The second kappa shape index (κ2) is 7.07. The molecule has 110 valence electrons. The molecule has 0 heterocycles. The Balaban J connectivity index is 1.84. The minimum atomic E-state index is -0.491. The summed E-state index contributed by atoms with van der Waals surface area (Å²) in [7, 11) is 0. The lowest BCUT2D eigenvalue weighted by Crippen LogP contribution is -2.41. The van der Waals surface area contributed by atoms with Crippen molar-refractivity contribution in [3.05, 3.63) is 29.8 Å². The molecule has 1 aliphatic carbocycles. The number of carbonyl (C=O) groups excluding carboxylic acids is 1. The van der Waals surface area contributed by atoms with Gasteiger partial charge < -0.3 is 5.32 Å². The summed E-state index contributed by atoms with van der Waals surface area (Å²) in [5.74, 6) is -0.490. The van der Waals surface area contributed by atoms with Crippen molar-refractivity contribution < 1.29 is 13.6 Å². The van der Waals surface area contributed by atoms with Gasteiger partial charge in [-0.05, 0) is 37.0 Å². The van der Waals surface area contributed by atoms with E-state index in [4.69, 9.17) is 0 Å². The standard InChI is InChI=1S/C15H19F2NOS/c1-10-4-2-3-5-13(10)18-15(19)9-20-14-8-11(16)6-7-12(14)17/h6-8,10,13H,2-5,9H2,1H3,(H,18,19)/t10-,13+/m1/s1. The highest BCUT2D eigenvalue weighted by Gasteiger charge is 2.22. The molecule has 1 saturated carbocycles. The SMILES string of the molecule is C[C@@H]1CCCC[C@@H]1NC(=O)CSc1cc(F)ccc1F. The molecular formula is C15H19F2NOS. The first kappa shape index (κ1) is 15.3. The Morgan fingerprint density at radius 1 is 1.35 bits per heavy atom. The molecule has 0 unspecified atom stereocenters. The lowest BCUT2D eigenvalue weighted by Gasteiger charge is -2.29. The second-order valence-corrected chi connectivity index (χ2v) is 6.32. The van der Waals surface area contributed by atoms with Gasteiger partial charge in [0, 0.05) is 10.9 Å². The van der Waals surface area contributed by atoms with Gasteiger partial charge in [-0.3, -0.25) is 4.79 Å². The molecule has 0 aliphatic heterocycles. The van der Waals surface area contributed by atoms with E-state index in [9.17, 15) is 13.6 Å². The fourth-order valence-corrected chi connectivity index (χ4v) is 3.28. The van der Waals surface area contributed by atoms with Crippen molar-refractivity contribution in [2.45, 2.75) is 43.5 Å². The van der Waals surface area contributed by atoms with Gasteiger partial charge in [-0.15, -0.1) is 11.8 Å². The van der Waals surface area contributed by atoms with Crippen LogP contribution in [-0.2, 0) is 4.79 Å².